The maximum absolute atomic E-state index is 12.9. The number of nitrogens with zero attached hydrogens (tertiary/aromatic N) is 8. The summed E-state index contributed by atoms with van der Waals surface area (Å²) in [6, 6.07) is 0.524. The van der Waals surface area contributed by atoms with Crippen molar-refractivity contribution in [1.82, 2.24) is 39.0 Å². The Morgan fingerprint density at radius 2 is 1.97 bits per heavy atom. The Bertz CT molecular complexity index is 1010. The molecule has 2 fully saturated rings. The molecule has 1 aliphatic carbocycles. The number of hydrogen-bond donors (Lipinski definition) is 0. The van der Waals surface area contributed by atoms with Crippen molar-refractivity contribution >= 4 is 5.91 Å². The fourth-order valence-electron chi connectivity index (χ4n) is 4.32. The van der Waals surface area contributed by atoms with E-state index in [1.165, 1.54) is 12.8 Å². The highest BCUT2D eigenvalue weighted by atomic mass is 16.2. The molecule has 152 valence electrons. The van der Waals surface area contributed by atoms with Crippen LogP contribution in [0.3, 0.4) is 0 Å². The first kappa shape index (κ1) is 18.1. The second kappa shape index (κ2) is 7.13. The quantitative estimate of drug-likeness (QED) is 0.660. The molecule has 1 amide bonds. The average molecular weight is 394 g/mol. The van der Waals surface area contributed by atoms with Crippen LogP contribution in [-0.2, 0) is 13.6 Å². The number of carbonyl (C=O) groups is 1. The van der Waals surface area contributed by atoms with E-state index in [9.17, 15) is 4.79 Å². The molecule has 2 aliphatic rings. The number of rotatable bonds is 5. The second-order valence-electron chi connectivity index (χ2n) is 8.18. The lowest BCUT2D eigenvalue weighted by atomic mass is 9.95. The van der Waals surface area contributed by atoms with E-state index in [1.54, 1.807) is 10.9 Å². The van der Waals surface area contributed by atoms with E-state index >= 15 is 0 Å². The first-order valence-corrected chi connectivity index (χ1v) is 10.3. The third-order valence-electron chi connectivity index (χ3n) is 5.98. The standard InChI is InChI=1S/C20H26N8O/c1-14-17(11-25(2)24-14)20(29)27-8-5-15(6-9-27)19-23-22-18(28(19)16-3-4-16)12-26-10-7-21-13-26/h7,10-11,13,15-16H,3-6,8-9,12H2,1-2H3. The molecule has 1 saturated carbocycles. The van der Waals surface area contributed by atoms with Crippen LogP contribution in [0, 0.1) is 6.92 Å². The Balaban J connectivity index is 1.30. The molecule has 9 nitrogen and oxygen atoms in total. The fraction of sp³-hybridized carbons (Fsp3) is 0.550. The monoisotopic (exact) mass is 394 g/mol. The van der Waals surface area contributed by atoms with Gasteiger partial charge in [-0.15, -0.1) is 10.2 Å². The molecule has 1 aliphatic heterocycles. The van der Waals surface area contributed by atoms with Crippen molar-refractivity contribution in [3.63, 3.8) is 0 Å². The maximum Gasteiger partial charge on any atom is 0.257 e. The van der Waals surface area contributed by atoms with Crippen molar-refractivity contribution in [2.45, 2.75) is 51.1 Å². The van der Waals surface area contributed by atoms with Crippen LogP contribution in [0.25, 0.3) is 0 Å². The topological polar surface area (TPSA) is 86.7 Å². The summed E-state index contributed by atoms with van der Waals surface area (Å²) in [5.74, 6) is 2.52. The lowest BCUT2D eigenvalue weighted by Crippen LogP contribution is -2.38. The van der Waals surface area contributed by atoms with Crippen molar-refractivity contribution in [2.75, 3.05) is 13.1 Å². The molecule has 3 aromatic rings. The number of imidazole rings is 1. The normalized spacial score (nSPS) is 17.8. The number of aryl methyl sites for hydroxylation is 2. The van der Waals surface area contributed by atoms with Crippen LogP contribution in [0.15, 0.2) is 24.9 Å². The predicted molar refractivity (Wildman–Crippen MR) is 105 cm³/mol. The molecule has 0 spiro atoms. The maximum atomic E-state index is 12.9. The minimum Gasteiger partial charge on any atom is -0.338 e. The summed E-state index contributed by atoms with van der Waals surface area (Å²) in [4.78, 5) is 18.9. The van der Waals surface area contributed by atoms with E-state index in [0.29, 0.717) is 24.1 Å². The Labute approximate surface area is 169 Å². The van der Waals surface area contributed by atoms with Crippen molar-refractivity contribution in [3.05, 3.63) is 47.8 Å². The van der Waals surface area contributed by atoms with Gasteiger partial charge in [-0.2, -0.15) is 5.10 Å². The Morgan fingerprint density at radius 3 is 2.59 bits per heavy atom. The van der Waals surface area contributed by atoms with Gasteiger partial charge in [0, 0.05) is 50.7 Å². The van der Waals surface area contributed by atoms with Crippen LogP contribution in [0.2, 0.25) is 0 Å². The van der Waals surface area contributed by atoms with Crippen molar-refractivity contribution < 1.29 is 4.79 Å². The summed E-state index contributed by atoms with van der Waals surface area (Å²) >= 11 is 0. The third-order valence-corrected chi connectivity index (χ3v) is 5.98. The first-order valence-electron chi connectivity index (χ1n) is 10.3. The van der Waals surface area contributed by atoms with Gasteiger partial charge in [0.25, 0.3) is 5.91 Å². The fourth-order valence-corrected chi connectivity index (χ4v) is 4.32. The lowest BCUT2D eigenvalue weighted by molar-refractivity contribution is 0.0709. The average Bonchev–Trinajstić information content (AvgIpc) is 3.11. The van der Waals surface area contributed by atoms with E-state index in [-0.39, 0.29) is 5.91 Å². The third kappa shape index (κ3) is 3.45. The number of piperidine rings is 1. The van der Waals surface area contributed by atoms with E-state index in [1.807, 2.05) is 42.2 Å². The molecule has 0 N–H and O–H groups in total. The summed E-state index contributed by atoms with van der Waals surface area (Å²) in [5, 5.41) is 13.4. The zero-order valence-electron chi connectivity index (χ0n) is 16.9. The van der Waals surface area contributed by atoms with Crippen LogP contribution in [-0.4, -0.2) is 58.0 Å². The van der Waals surface area contributed by atoms with Gasteiger partial charge in [-0.25, -0.2) is 4.98 Å². The Kier molecular flexibility index (Phi) is 4.44. The van der Waals surface area contributed by atoms with Gasteiger partial charge in [0.2, 0.25) is 0 Å². The van der Waals surface area contributed by atoms with Gasteiger partial charge in [0.15, 0.2) is 5.82 Å². The van der Waals surface area contributed by atoms with E-state index in [2.05, 4.69) is 24.8 Å². The molecule has 0 bridgehead atoms. The molecule has 4 heterocycles. The van der Waals surface area contributed by atoms with Crippen LogP contribution >= 0.6 is 0 Å². The van der Waals surface area contributed by atoms with Gasteiger partial charge in [0.1, 0.15) is 5.82 Å². The second-order valence-corrected chi connectivity index (χ2v) is 8.18. The molecular weight excluding hydrogens is 368 g/mol. The van der Waals surface area contributed by atoms with Gasteiger partial charge in [0.05, 0.1) is 24.1 Å². The molecule has 29 heavy (non-hydrogen) atoms. The van der Waals surface area contributed by atoms with Gasteiger partial charge in [-0.05, 0) is 32.6 Å². The predicted octanol–water partition coefficient (Wildman–Crippen LogP) is 1.92. The molecule has 0 atom stereocenters. The summed E-state index contributed by atoms with van der Waals surface area (Å²) in [6.07, 6.45) is 11.6. The van der Waals surface area contributed by atoms with Crippen LogP contribution in [0.1, 0.15) is 65.3 Å². The summed E-state index contributed by atoms with van der Waals surface area (Å²) in [5.41, 5.74) is 1.49. The molecule has 0 aromatic carbocycles. The van der Waals surface area contributed by atoms with Crippen LogP contribution < -0.4 is 0 Å². The minimum absolute atomic E-state index is 0.0820. The highest BCUT2D eigenvalue weighted by Crippen LogP contribution is 2.40. The van der Waals surface area contributed by atoms with Gasteiger partial charge in [-0.3, -0.25) is 9.48 Å². The van der Waals surface area contributed by atoms with Crippen molar-refractivity contribution in [3.8, 4) is 0 Å². The Hall–Kier alpha value is -2.97. The SMILES string of the molecule is Cc1nn(C)cc1C(=O)N1CCC(c2nnc(Cn3ccnc3)n2C2CC2)CC1. The number of carbonyl (C=O) groups excluding carboxylic acids is 1. The summed E-state index contributed by atoms with van der Waals surface area (Å²) in [7, 11) is 1.85. The van der Waals surface area contributed by atoms with E-state index < -0.39 is 0 Å². The van der Waals surface area contributed by atoms with Gasteiger partial charge in [-0.1, -0.05) is 0 Å². The molecular formula is C20H26N8O. The highest BCUT2D eigenvalue weighted by molar-refractivity contribution is 5.95. The smallest absolute Gasteiger partial charge is 0.257 e. The van der Waals surface area contributed by atoms with Crippen molar-refractivity contribution in [2.24, 2.45) is 7.05 Å². The zero-order chi connectivity index (χ0) is 20.0. The molecule has 3 aromatic heterocycles. The molecule has 5 rings (SSSR count). The number of likely N-dealkylation sites (tertiary alicyclic amines) is 1. The zero-order valence-corrected chi connectivity index (χ0v) is 16.9. The van der Waals surface area contributed by atoms with Crippen LogP contribution in [0.5, 0.6) is 0 Å². The Morgan fingerprint density at radius 1 is 1.17 bits per heavy atom. The summed E-state index contributed by atoms with van der Waals surface area (Å²) < 4.78 is 6.09. The highest BCUT2D eigenvalue weighted by Gasteiger charge is 2.34. The van der Waals surface area contributed by atoms with Gasteiger partial charge < -0.3 is 14.0 Å². The molecule has 9 heteroatoms. The first-order chi connectivity index (χ1) is 14.1. The molecule has 0 unspecified atom stereocenters. The largest absolute Gasteiger partial charge is 0.338 e. The molecule has 0 radical (unpaired) electrons. The lowest BCUT2D eigenvalue weighted by Gasteiger charge is -2.31. The van der Waals surface area contributed by atoms with Gasteiger partial charge >= 0.3 is 0 Å². The number of amides is 1. The van der Waals surface area contributed by atoms with E-state index in [4.69, 9.17) is 0 Å². The van der Waals surface area contributed by atoms with Crippen molar-refractivity contribution in [1.29, 1.82) is 0 Å². The molecule has 1 saturated heterocycles. The number of hydrogen-bond acceptors (Lipinski definition) is 5. The summed E-state index contributed by atoms with van der Waals surface area (Å²) in [6.45, 7) is 4.07. The van der Waals surface area contributed by atoms with Crippen LogP contribution in [0.4, 0.5) is 0 Å². The van der Waals surface area contributed by atoms with E-state index in [0.717, 1.165) is 43.3 Å². The number of aromatic nitrogens is 7. The minimum atomic E-state index is 0.0820.